The lowest BCUT2D eigenvalue weighted by Crippen LogP contribution is -2.43. The molecular formula is C26H29N3O3S2. The van der Waals surface area contributed by atoms with Crippen LogP contribution in [0, 0.1) is 12.8 Å². The van der Waals surface area contributed by atoms with Gasteiger partial charge in [-0.25, -0.2) is 13.4 Å². The zero-order valence-corrected chi connectivity index (χ0v) is 20.9. The first-order chi connectivity index (χ1) is 16.4. The summed E-state index contributed by atoms with van der Waals surface area (Å²) in [6, 6.07) is 15.1. The molecule has 0 N–H and O–H groups in total. The molecule has 6 nitrogen and oxygen atoms in total. The average molecular weight is 496 g/mol. The van der Waals surface area contributed by atoms with Crippen molar-refractivity contribution >= 4 is 38.1 Å². The number of nitrogens with zero attached hydrogens (tertiary/aromatic N) is 3. The highest BCUT2D eigenvalue weighted by Gasteiger charge is 2.35. The summed E-state index contributed by atoms with van der Waals surface area (Å²) in [7, 11) is -3.57. The summed E-state index contributed by atoms with van der Waals surface area (Å²) in [6.07, 6.45) is 5.25. The molecule has 5 rings (SSSR count). The second-order valence-corrected chi connectivity index (χ2v) is 11.9. The Morgan fingerprint density at radius 3 is 2.41 bits per heavy atom. The Morgan fingerprint density at radius 1 is 1.03 bits per heavy atom. The van der Waals surface area contributed by atoms with Crippen LogP contribution in [0.25, 0.3) is 0 Å². The van der Waals surface area contributed by atoms with Gasteiger partial charge in [0.15, 0.2) is 5.13 Å². The molecule has 1 aliphatic heterocycles. The molecular weight excluding hydrogens is 466 g/mol. The van der Waals surface area contributed by atoms with E-state index in [0.29, 0.717) is 36.0 Å². The molecule has 3 aromatic rings. The maximum absolute atomic E-state index is 13.6. The molecule has 0 bridgehead atoms. The highest BCUT2D eigenvalue weighted by Crippen LogP contribution is 2.34. The predicted molar refractivity (Wildman–Crippen MR) is 135 cm³/mol. The Hall–Kier alpha value is -2.55. The van der Waals surface area contributed by atoms with E-state index in [9.17, 15) is 13.2 Å². The van der Waals surface area contributed by atoms with Gasteiger partial charge in [0, 0.05) is 24.4 Å². The Balaban J connectivity index is 1.32. The number of aryl methyl sites for hydroxylation is 3. The van der Waals surface area contributed by atoms with Crippen LogP contribution in [0.3, 0.4) is 0 Å². The number of hydrogen-bond donors (Lipinski definition) is 0. The van der Waals surface area contributed by atoms with E-state index in [1.807, 2.05) is 54.8 Å². The van der Waals surface area contributed by atoms with Gasteiger partial charge in [-0.2, -0.15) is 4.31 Å². The molecule has 0 spiro atoms. The van der Waals surface area contributed by atoms with E-state index in [1.165, 1.54) is 23.3 Å². The van der Waals surface area contributed by atoms with Crippen LogP contribution in [0.2, 0.25) is 0 Å². The number of benzene rings is 2. The van der Waals surface area contributed by atoms with Gasteiger partial charge in [-0.15, -0.1) is 11.3 Å². The molecule has 0 unspecified atom stereocenters. The van der Waals surface area contributed by atoms with E-state index in [4.69, 9.17) is 0 Å². The third-order valence-corrected chi connectivity index (χ3v) is 9.63. The molecule has 2 aliphatic rings. The van der Waals surface area contributed by atoms with Crippen molar-refractivity contribution in [1.82, 2.24) is 9.29 Å². The second kappa shape index (κ2) is 9.60. The fraction of sp³-hybridized carbons (Fsp3) is 0.385. The molecule has 1 saturated heterocycles. The highest BCUT2D eigenvalue weighted by atomic mass is 32.2. The van der Waals surface area contributed by atoms with Gasteiger partial charge in [0.05, 0.1) is 16.3 Å². The summed E-state index contributed by atoms with van der Waals surface area (Å²) in [5.74, 6) is -0.272. The maximum Gasteiger partial charge on any atom is 0.243 e. The summed E-state index contributed by atoms with van der Waals surface area (Å²) in [4.78, 5) is 20.2. The quantitative estimate of drug-likeness (QED) is 0.494. The van der Waals surface area contributed by atoms with Crippen LogP contribution in [-0.4, -0.2) is 36.7 Å². The number of aromatic nitrogens is 1. The molecule has 1 aliphatic carbocycles. The van der Waals surface area contributed by atoms with E-state index in [2.05, 4.69) is 4.98 Å². The molecule has 34 heavy (non-hydrogen) atoms. The van der Waals surface area contributed by atoms with Crippen molar-refractivity contribution in [2.45, 2.75) is 50.3 Å². The van der Waals surface area contributed by atoms with Crippen LogP contribution in [0.4, 0.5) is 10.8 Å². The van der Waals surface area contributed by atoms with Crippen LogP contribution < -0.4 is 4.90 Å². The number of para-hydroxylation sites is 1. The van der Waals surface area contributed by atoms with Crippen molar-refractivity contribution in [2.75, 3.05) is 18.0 Å². The van der Waals surface area contributed by atoms with Gasteiger partial charge in [0.1, 0.15) is 0 Å². The Labute approximate surface area is 205 Å². The van der Waals surface area contributed by atoms with Crippen molar-refractivity contribution in [3.05, 3.63) is 70.7 Å². The van der Waals surface area contributed by atoms with E-state index < -0.39 is 10.0 Å². The lowest BCUT2D eigenvalue weighted by molar-refractivity contribution is -0.122. The Kier molecular flexibility index (Phi) is 6.55. The monoisotopic (exact) mass is 495 g/mol. The van der Waals surface area contributed by atoms with Gasteiger partial charge in [0.2, 0.25) is 15.9 Å². The number of anilines is 2. The molecule has 8 heteroatoms. The highest BCUT2D eigenvalue weighted by molar-refractivity contribution is 7.89. The predicted octanol–water partition coefficient (Wildman–Crippen LogP) is 5.10. The van der Waals surface area contributed by atoms with Gasteiger partial charge in [-0.05, 0) is 80.8 Å². The number of fused-ring (bicyclic) bond motifs is 1. The zero-order chi connectivity index (χ0) is 23.7. The third kappa shape index (κ3) is 4.54. The van der Waals surface area contributed by atoms with Gasteiger partial charge in [0.25, 0.3) is 0 Å². The third-order valence-electron chi connectivity index (χ3n) is 6.79. The number of hydrogen-bond acceptors (Lipinski definition) is 5. The number of amides is 1. The molecule has 0 atom stereocenters. The first-order valence-corrected chi connectivity index (χ1v) is 14.2. The van der Waals surface area contributed by atoms with Crippen molar-refractivity contribution in [1.29, 1.82) is 0 Å². The molecule has 1 amide bonds. The van der Waals surface area contributed by atoms with Gasteiger partial charge in [-0.3, -0.25) is 9.69 Å². The number of rotatable bonds is 5. The molecule has 1 fully saturated rings. The largest absolute Gasteiger partial charge is 0.274 e. The molecule has 178 valence electrons. The van der Waals surface area contributed by atoms with Crippen LogP contribution in [0.1, 0.15) is 42.5 Å². The van der Waals surface area contributed by atoms with Crippen LogP contribution >= 0.6 is 11.3 Å². The number of piperidine rings is 1. The molecule has 1 aromatic heterocycles. The minimum absolute atomic E-state index is 0.0219. The van der Waals surface area contributed by atoms with E-state index in [-0.39, 0.29) is 11.8 Å². The van der Waals surface area contributed by atoms with Crippen LogP contribution in [0.15, 0.2) is 58.8 Å². The van der Waals surface area contributed by atoms with Gasteiger partial charge < -0.3 is 0 Å². The molecule has 0 saturated carbocycles. The minimum Gasteiger partial charge on any atom is -0.274 e. The normalized spacial score (nSPS) is 17.3. The smallest absolute Gasteiger partial charge is 0.243 e. The standard InChI is InChI=1S/C26H29N3O3S2/c1-19-18-33-26(27-19)29(23-9-3-2-4-10-23)25(30)21-13-15-28(16-14-21)34(31,32)24-12-11-20-7-5-6-8-22(20)17-24/h2-4,9-12,17-18,21H,5-8,13-16H2,1H3. The lowest BCUT2D eigenvalue weighted by atomic mass is 9.92. The zero-order valence-electron chi connectivity index (χ0n) is 19.3. The number of carbonyl (C=O) groups is 1. The van der Waals surface area contributed by atoms with Crippen molar-refractivity contribution < 1.29 is 13.2 Å². The first-order valence-electron chi connectivity index (χ1n) is 11.9. The fourth-order valence-corrected chi connectivity index (χ4v) is 7.25. The van der Waals surface area contributed by atoms with E-state index in [1.54, 1.807) is 15.3 Å². The number of sulfonamides is 1. The number of thiazole rings is 1. The van der Waals surface area contributed by atoms with Crippen LogP contribution in [-0.2, 0) is 27.7 Å². The van der Waals surface area contributed by atoms with E-state index in [0.717, 1.165) is 36.2 Å². The number of carbonyl (C=O) groups excluding carboxylic acids is 1. The average Bonchev–Trinajstić information content (AvgIpc) is 3.30. The van der Waals surface area contributed by atoms with Gasteiger partial charge >= 0.3 is 0 Å². The summed E-state index contributed by atoms with van der Waals surface area (Å²) < 4.78 is 28.2. The summed E-state index contributed by atoms with van der Waals surface area (Å²) in [5, 5.41) is 2.59. The summed E-state index contributed by atoms with van der Waals surface area (Å²) in [6.45, 7) is 2.60. The van der Waals surface area contributed by atoms with Crippen molar-refractivity contribution in [3.8, 4) is 0 Å². The Bertz CT molecular complexity index is 1280. The van der Waals surface area contributed by atoms with E-state index >= 15 is 0 Å². The van der Waals surface area contributed by atoms with Crippen molar-refractivity contribution in [3.63, 3.8) is 0 Å². The molecule has 2 heterocycles. The molecule has 0 radical (unpaired) electrons. The summed E-state index contributed by atoms with van der Waals surface area (Å²) >= 11 is 1.45. The van der Waals surface area contributed by atoms with Crippen LogP contribution in [0.5, 0.6) is 0 Å². The molecule has 2 aromatic carbocycles. The fourth-order valence-electron chi connectivity index (χ4n) is 4.90. The Morgan fingerprint density at radius 2 is 1.74 bits per heavy atom. The maximum atomic E-state index is 13.6. The second-order valence-electron chi connectivity index (χ2n) is 9.10. The lowest BCUT2D eigenvalue weighted by Gasteiger charge is -2.33. The minimum atomic E-state index is -3.57. The van der Waals surface area contributed by atoms with Crippen molar-refractivity contribution in [2.24, 2.45) is 5.92 Å². The van der Waals surface area contributed by atoms with Gasteiger partial charge in [-0.1, -0.05) is 24.3 Å². The summed E-state index contributed by atoms with van der Waals surface area (Å²) in [5.41, 5.74) is 4.09. The first kappa shape index (κ1) is 23.2. The topological polar surface area (TPSA) is 70.6 Å². The SMILES string of the molecule is Cc1csc(N(C(=O)C2CCN(S(=O)(=O)c3ccc4c(c3)CCCC4)CC2)c2ccccc2)n1.